The molecule has 1 heterocycles. The Morgan fingerprint density at radius 3 is 2.12 bits per heavy atom. The summed E-state index contributed by atoms with van der Waals surface area (Å²) >= 11 is 0. The quantitative estimate of drug-likeness (QED) is 0.659. The average molecular weight is 323 g/mol. The van der Waals surface area contributed by atoms with Gasteiger partial charge in [-0.3, -0.25) is 0 Å². The third-order valence-corrected chi connectivity index (χ3v) is 4.33. The van der Waals surface area contributed by atoms with Crippen LogP contribution in [-0.2, 0) is 4.79 Å². The fraction of sp³-hybridized carbons (Fsp3) is 0.250. The van der Waals surface area contributed by atoms with E-state index in [4.69, 9.17) is 0 Å². The molecule has 1 saturated heterocycles. The number of hydrogen-bond donors (Lipinski definition) is 2. The first-order chi connectivity index (χ1) is 11.6. The highest BCUT2D eigenvalue weighted by Gasteiger charge is 2.12. The number of carbonyl (C=O) groups is 1. The van der Waals surface area contributed by atoms with Crippen LogP contribution in [0.2, 0.25) is 0 Å². The van der Waals surface area contributed by atoms with Gasteiger partial charge in [0.1, 0.15) is 5.75 Å². The number of carboxylic acids is 1. The van der Waals surface area contributed by atoms with Crippen molar-refractivity contribution in [2.45, 2.75) is 19.3 Å². The van der Waals surface area contributed by atoms with Crippen LogP contribution in [0.25, 0.3) is 11.6 Å². The van der Waals surface area contributed by atoms with Crippen molar-refractivity contribution in [3.8, 4) is 5.75 Å². The van der Waals surface area contributed by atoms with Crippen molar-refractivity contribution in [3.63, 3.8) is 0 Å². The molecule has 24 heavy (non-hydrogen) atoms. The van der Waals surface area contributed by atoms with Crippen LogP contribution in [0.4, 0.5) is 5.69 Å². The van der Waals surface area contributed by atoms with Crippen LogP contribution in [0.1, 0.15) is 30.4 Å². The number of benzene rings is 2. The van der Waals surface area contributed by atoms with Crippen LogP contribution < -0.4 is 4.90 Å². The summed E-state index contributed by atoms with van der Waals surface area (Å²) in [6.07, 6.45) is 5.41. The molecule has 0 radical (unpaired) electrons. The Morgan fingerprint density at radius 2 is 1.54 bits per heavy atom. The molecule has 4 heteroatoms. The van der Waals surface area contributed by atoms with E-state index in [1.165, 1.54) is 37.1 Å². The Bertz CT molecular complexity index is 726. The van der Waals surface area contributed by atoms with Gasteiger partial charge in [-0.25, -0.2) is 4.79 Å². The normalized spacial score (nSPS) is 15.3. The van der Waals surface area contributed by atoms with E-state index in [9.17, 15) is 15.0 Å². The summed E-state index contributed by atoms with van der Waals surface area (Å²) in [5, 5.41) is 18.8. The molecular formula is C20H21NO3. The molecule has 3 rings (SSSR count). The van der Waals surface area contributed by atoms with Crippen molar-refractivity contribution in [3.05, 3.63) is 59.7 Å². The predicted octanol–water partition coefficient (Wildman–Crippen LogP) is 4.01. The maximum absolute atomic E-state index is 11.6. The Balaban J connectivity index is 1.84. The van der Waals surface area contributed by atoms with Gasteiger partial charge >= 0.3 is 5.97 Å². The zero-order valence-corrected chi connectivity index (χ0v) is 13.5. The summed E-state index contributed by atoms with van der Waals surface area (Å²) in [4.78, 5) is 13.9. The highest BCUT2D eigenvalue weighted by molar-refractivity contribution is 6.20. The Hall–Kier alpha value is -2.75. The fourth-order valence-corrected chi connectivity index (χ4v) is 3.01. The molecule has 0 amide bonds. The summed E-state index contributed by atoms with van der Waals surface area (Å²) < 4.78 is 0. The summed E-state index contributed by atoms with van der Waals surface area (Å²) in [5.41, 5.74) is 2.82. The number of anilines is 1. The van der Waals surface area contributed by atoms with Crippen LogP contribution >= 0.6 is 0 Å². The van der Waals surface area contributed by atoms with E-state index in [0.29, 0.717) is 5.56 Å². The van der Waals surface area contributed by atoms with Crippen LogP contribution in [0.5, 0.6) is 5.75 Å². The van der Waals surface area contributed by atoms with Crippen LogP contribution in [-0.4, -0.2) is 29.3 Å². The van der Waals surface area contributed by atoms with Gasteiger partial charge in [-0.15, -0.1) is 0 Å². The second kappa shape index (κ2) is 7.21. The lowest BCUT2D eigenvalue weighted by molar-refractivity contribution is -0.130. The largest absolute Gasteiger partial charge is 0.508 e. The molecule has 0 bridgehead atoms. The summed E-state index contributed by atoms with van der Waals surface area (Å²) in [5.74, 6) is -0.866. The van der Waals surface area contributed by atoms with Crippen molar-refractivity contribution in [2.24, 2.45) is 0 Å². The van der Waals surface area contributed by atoms with Crippen LogP contribution in [0.3, 0.4) is 0 Å². The molecule has 124 valence electrons. The first kappa shape index (κ1) is 16.1. The molecule has 0 spiro atoms. The summed E-state index contributed by atoms with van der Waals surface area (Å²) in [7, 11) is 0. The maximum atomic E-state index is 11.6. The minimum atomic E-state index is -0.985. The predicted molar refractivity (Wildman–Crippen MR) is 96.1 cm³/mol. The lowest BCUT2D eigenvalue weighted by Gasteiger charge is -2.28. The van der Waals surface area contributed by atoms with E-state index in [1.54, 1.807) is 18.2 Å². The van der Waals surface area contributed by atoms with E-state index >= 15 is 0 Å². The van der Waals surface area contributed by atoms with Gasteiger partial charge in [-0.2, -0.15) is 0 Å². The smallest absolute Gasteiger partial charge is 0.336 e. The molecular weight excluding hydrogens is 302 g/mol. The third-order valence-electron chi connectivity index (χ3n) is 4.33. The highest BCUT2D eigenvalue weighted by Crippen LogP contribution is 2.24. The van der Waals surface area contributed by atoms with Gasteiger partial charge in [0, 0.05) is 18.8 Å². The molecule has 1 aliphatic heterocycles. The van der Waals surface area contributed by atoms with Crippen molar-refractivity contribution in [1.29, 1.82) is 0 Å². The zero-order chi connectivity index (χ0) is 16.9. The minimum absolute atomic E-state index is 0.120. The Kier molecular flexibility index (Phi) is 4.85. The first-order valence-corrected chi connectivity index (χ1v) is 8.23. The number of phenolic OH excluding ortho intramolecular Hbond substituents is 1. The third kappa shape index (κ3) is 3.77. The molecule has 0 unspecified atom stereocenters. The maximum Gasteiger partial charge on any atom is 0.336 e. The molecule has 0 aliphatic carbocycles. The molecule has 0 aromatic heterocycles. The first-order valence-electron chi connectivity index (χ1n) is 8.23. The van der Waals surface area contributed by atoms with Crippen molar-refractivity contribution in [2.75, 3.05) is 18.0 Å². The average Bonchev–Trinajstić information content (AvgIpc) is 2.62. The van der Waals surface area contributed by atoms with E-state index in [2.05, 4.69) is 4.90 Å². The lowest BCUT2D eigenvalue weighted by atomic mass is 10.0. The number of hydrogen-bond acceptors (Lipinski definition) is 3. The molecule has 1 aliphatic rings. The molecule has 0 saturated carbocycles. The summed E-state index contributed by atoms with van der Waals surface area (Å²) in [6.45, 7) is 2.17. The van der Waals surface area contributed by atoms with Gasteiger partial charge in [0.05, 0.1) is 5.57 Å². The van der Waals surface area contributed by atoms with Gasteiger partial charge in [0.2, 0.25) is 0 Å². The van der Waals surface area contributed by atoms with Crippen molar-refractivity contribution < 1.29 is 15.0 Å². The number of rotatable bonds is 4. The number of nitrogens with zero attached hydrogens (tertiary/aromatic N) is 1. The Labute approximate surface area is 141 Å². The molecule has 1 fully saturated rings. The second-order valence-electron chi connectivity index (χ2n) is 6.05. The molecule has 0 atom stereocenters. The zero-order valence-electron chi connectivity index (χ0n) is 13.5. The number of aromatic hydroxyl groups is 1. The SMILES string of the molecule is O=C(O)/C(=C\c1ccc(N2CCCCC2)cc1)c1ccc(O)cc1. The molecule has 2 N–H and O–H groups in total. The number of aliphatic carboxylic acids is 1. The van der Waals surface area contributed by atoms with Crippen molar-refractivity contribution in [1.82, 2.24) is 0 Å². The standard InChI is InChI=1S/C20H21NO3/c22-18-10-6-16(7-11-18)19(20(23)24)14-15-4-8-17(9-5-15)21-12-2-1-3-13-21/h4-11,14,22H,1-3,12-13H2,(H,23,24)/b19-14-. The molecule has 4 nitrogen and oxygen atoms in total. The number of piperidine rings is 1. The van der Waals surface area contributed by atoms with Crippen molar-refractivity contribution >= 4 is 23.3 Å². The van der Waals surface area contributed by atoms with Gasteiger partial charge in [0.15, 0.2) is 0 Å². The molecule has 2 aromatic carbocycles. The topological polar surface area (TPSA) is 60.8 Å². The minimum Gasteiger partial charge on any atom is -0.508 e. The van der Waals surface area contributed by atoms with Gasteiger partial charge in [-0.05, 0) is 60.7 Å². The number of phenols is 1. The second-order valence-corrected chi connectivity index (χ2v) is 6.05. The monoisotopic (exact) mass is 323 g/mol. The molecule has 2 aromatic rings. The van der Waals surface area contributed by atoms with Crippen LogP contribution in [0.15, 0.2) is 48.5 Å². The van der Waals surface area contributed by atoms with Crippen LogP contribution in [0, 0.1) is 0 Å². The van der Waals surface area contributed by atoms with Gasteiger partial charge in [0.25, 0.3) is 0 Å². The number of carboxylic acid groups (broad SMARTS) is 1. The van der Waals surface area contributed by atoms with Gasteiger partial charge < -0.3 is 15.1 Å². The van der Waals surface area contributed by atoms with E-state index in [1.807, 2.05) is 24.3 Å². The highest BCUT2D eigenvalue weighted by atomic mass is 16.4. The van der Waals surface area contributed by atoms with E-state index < -0.39 is 5.97 Å². The summed E-state index contributed by atoms with van der Waals surface area (Å²) in [6, 6.07) is 14.2. The lowest BCUT2D eigenvalue weighted by Crippen LogP contribution is -2.29. The fourth-order valence-electron chi connectivity index (χ4n) is 3.01. The van der Waals surface area contributed by atoms with Gasteiger partial charge in [-0.1, -0.05) is 24.3 Å². The Morgan fingerprint density at radius 1 is 0.917 bits per heavy atom. The van der Waals surface area contributed by atoms with E-state index in [0.717, 1.165) is 18.7 Å². The van der Waals surface area contributed by atoms with E-state index in [-0.39, 0.29) is 11.3 Å².